The van der Waals surface area contributed by atoms with Gasteiger partial charge in [-0.15, -0.1) is 15.3 Å². The van der Waals surface area contributed by atoms with E-state index in [0.717, 1.165) is 95.7 Å². The molecular formula is C19H29N7O. The van der Waals surface area contributed by atoms with E-state index >= 15 is 0 Å². The molecule has 0 bridgehead atoms. The Morgan fingerprint density at radius 1 is 0.889 bits per heavy atom. The van der Waals surface area contributed by atoms with Gasteiger partial charge in [0, 0.05) is 45.2 Å². The molecule has 8 nitrogen and oxygen atoms in total. The Morgan fingerprint density at radius 2 is 1.63 bits per heavy atom. The maximum atomic E-state index is 5.44. The van der Waals surface area contributed by atoms with Crippen LogP contribution in [0.5, 0.6) is 0 Å². The quantitative estimate of drug-likeness (QED) is 0.772. The largest absolute Gasteiger partial charge is 0.379 e. The van der Waals surface area contributed by atoms with Crippen LogP contribution < -0.4 is 4.90 Å². The summed E-state index contributed by atoms with van der Waals surface area (Å²) in [7, 11) is 0. The van der Waals surface area contributed by atoms with Gasteiger partial charge >= 0.3 is 0 Å². The van der Waals surface area contributed by atoms with Gasteiger partial charge in [0.05, 0.1) is 13.2 Å². The number of likely N-dealkylation sites (tertiary alicyclic amines) is 1. The first-order valence-corrected chi connectivity index (χ1v) is 10.4. The second-order valence-electron chi connectivity index (χ2n) is 7.93. The molecule has 0 N–H and O–H groups in total. The van der Waals surface area contributed by atoms with E-state index in [1.807, 2.05) is 4.52 Å². The molecular weight excluding hydrogens is 342 g/mol. The number of aromatic nitrogens is 4. The fourth-order valence-corrected chi connectivity index (χ4v) is 4.29. The first kappa shape index (κ1) is 17.3. The third kappa shape index (κ3) is 3.66. The highest BCUT2D eigenvalue weighted by Gasteiger charge is 2.26. The van der Waals surface area contributed by atoms with Crippen LogP contribution in [-0.4, -0.2) is 95.2 Å². The fourth-order valence-electron chi connectivity index (χ4n) is 4.29. The van der Waals surface area contributed by atoms with Crippen LogP contribution in [0.2, 0.25) is 0 Å². The third-order valence-electron chi connectivity index (χ3n) is 6.24. The summed E-state index contributed by atoms with van der Waals surface area (Å²) in [5, 5.41) is 13.7. The number of morpholine rings is 1. The molecule has 2 aromatic rings. The van der Waals surface area contributed by atoms with Crippen LogP contribution in [-0.2, 0) is 4.74 Å². The lowest BCUT2D eigenvalue weighted by atomic mass is 9.96. The highest BCUT2D eigenvalue weighted by molar-refractivity contribution is 5.47. The zero-order valence-corrected chi connectivity index (χ0v) is 16.0. The number of rotatable bonds is 5. The summed E-state index contributed by atoms with van der Waals surface area (Å²) >= 11 is 0. The lowest BCUT2D eigenvalue weighted by molar-refractivity contribution is 0.0320. The molecule has 0 spiro atoms. The van der Waals surface area contributed by atoms with Gasteiger partial charge in [0.15, 0.2) is 11.5 Å². The highest BCUT2D eigenvalue weighted by atomic mass is 16.5. The number of nitrogens with zero attached hydrogens (tertiary/aromatic N) is 7. The molecule has 8 heteroatoms. The molecule has 3 aliphatic rings. The van der Waals surface area contributed by atoms with Crippen molar-refractivity contribution in [3.05, 3.63) is 18.0 Å². The summed E-state index contributed by atoms with van der Waals surface area (Å²) in [6.07, 6.45) is 3.54. The van der Waals surface area contributed by atoms with E-state index in [1.165, 1.54) is 6.42 Å². The van der Waals surface area contributed by atoms with Gasteiger partial charge < -0.3 is 14.5 Å². The van der Waals surface area contributed by atoms with Crippen molar-refractivity contribution in [2.45, 2.75) is 25.2 Å². The van der Waals surface area contributed by atoms with Crippen LogP contribution in [0.1, 0.15) is 31.0 Å². The SMILES string of the molecule is c1cc2nnc(C3CCN(CCN4CCOCC4)CC3)n2nc1N1CCC1. The van der Waals surface area contributed by atoms with E-state index < -0.39 is 0 Å². The monoisotopic (exact) mass is 371 g/mol. The van der Waals surface area contributed by atoms with Gasteiger partial charge in [0.25, 0.3) is 0 Å². The van der Waals surface area contributed by atoms with Gasteiger partial charge in [-0.25, -0.2) is 0 Å². The first-order valence-electron chi connectivity index (χ1n) is 10.4. The minimum absolute atomic E-state index is 0.457. The minimum atomic E-state index is 0.457. The minimum Gasteiger partial charge on any atom is -0.379 e. The number of piperidine rings is 1. The Labute approximate surface area is 160 Å². The molecule has 27 heavy (non-hydrogen) atoms. The van der Waals surface area contributed by atoms with Gasteiger partial charge in [-0.05, 0) is 44.5 Å². The lowest BCUT2D eigenvalue weighted by Crippen LogP contribution is -2.43. The summed E-state index contributed by atoms with van der Waals surface area (Å²) in [4.78, 5) is 7.43. The van der Waals surface area contributed by atoms with E-state index in [1.54, 1.807) is 0 Å². The van der Waals surface area contributed by atoms with E-state index in [0.29, 0.717) is 5.92 Å². The lowest BCUT2D eigenvalue weighted by Gasteiger charge is -2.34. The molecule has 0 aliphatic carbocycles. The molecule has 3 fully saturated rings. The Kier molecular flexibility index (Phi) is 4.94. The van der Waals surface area contributed by atoms with Gasteiger partial charge in [-0.1, -0.05) is 0 Å². The standard InChI is InChI=1S/C19H29N7O/c1-6-25(7-1)18-3-2-17-20-21-19(26(17)22-18)16-4-8-23(9-5-16)10-11-24-12-14-27-15-13-24/h2-3,16H,1,4-15H2. The van der Waals surface area contributed by atoms with Crippen molar-refractivity contribution < 1.29 is 4.74 Å². The molecule has 0 atom stereocenters. The van der Waals surface area contributed by atoms with Gasteiger partial charge in [-0.2, -0.15) is 4.52 Å². The zero-order chi connectivity index (χ0) is 18.1. The van der Waals surface area contributed by atoms with Crippen LogP contribution in [0.15, 0.2) is 12.1 Å². The summed E-state index contributed by atoms with van der Waals surface area (Å²) in [6, 6.07) is 4.12. The van der Waals surface area contributed by atoms with Crippen molar-refractivity contribution >= 4 is 11.5 Å². The molecule has 0 unspecified atom stereocenters. The normalized spacial score (nSPS) is 23.0. The Balaban J connectivity index is 1.20. The highest BCUT2D eigenvalue weighted by Crippen LogP contribution is 2.27. The van der Waals surface area contributed by atoms with Crippen molar-refractivity contribution in [3.8, 4) is 0 Å². The molecule has 0 radical (unpaired) electrons. The summed E-state index contributed by atoms with van der Waals surface area (Å²) < 4.78 is 7.42. The molecule has 5 rings (SSSR count). The third-order valence-corrected chi connectivity index (χ3v) is 6.24. The average Bonchev–Trinajstić information content (AvgIpc) is 3.10. The zero-order valence-electron chi connectivity index (χ0n) is 16.0. The maximum absolute atomic E-state index is 5.44. The molecule has 3 aliphatic heterocycles. The van der Waals surface area contributed by atoms with E-state index in [-0.39, 0.29) is 0 Å². The number of ether oxygens (including phenoxy) is 1. The molecule has 5 heterocycles. The fraction of sp³-hybridized carbons (Fsp3) is 0.737. The van der Waals surface area contributed by atoms with Crippen LogP contribution in [0.4, 0.5) is 5.82 Å². The van der Waals surface area contributed by atoms with Crippen molar-refractivity contribution in [1.29, 1.82) is 0 Å². The Morgan fingerprint density at radius 3 is 2.33 bits per heavy atom. The predicted octanol–water partition coefficient (Wildman–Crippen LogP) is 0.846. The Hall–Kier alpha value is -1.77. The van der Waals surface area contributed by atoms with Crippen LogP contribution in [0, 0.1) is 0 Å². The van der Waals surface area contributed by atoms with Crippen molar-refractivity contribution in [3.63, 3.8) is 0 Å². The van der Waals surface area contributed by atoms with E-state index in [9.17, 15) is 0 Å². The summed E-state index contributed by atoms with van der Waals surface area (Å²) in [5.41, 5.74) is 0.865. The van der Waals surface area contributed by atoms with Crippen molar-refractivity contribution in [1.82, 2.24) is 29.6 Å². The summed E-state index contributed by atoms with van der Waals surface area (Å²) in [5.74, 6) is 2.55. The van der Waals surface area contributed by atoms with Crippen molar-refractivity contribution in [2.75, 3.05) is 70.5 Å². The van der Waals surface area contributed by atoms with Crippen molar-refractivity contribution in [2.24, 2.45) is 0 Å². The second-order valence-corrected chi connectivity index (χ2v) is 7.93. The number of hydrogen-bond donors (Lipinski definition) is 0. The molecule has 0 saturated carbocycles. The second kappa shape index (κ2) is 7.69. The van der Waals surface area contributed by atoms with Crippen LogP contribution >= 0.6 is 0 Å². The Bertz CT molecular complexity index is 761. The van der Waals surface area contributed by atoms with Gasteiger partial charge in [-0.3, -0.25) is 4.90 Å². The van der Waals surface area contributed by atoms with Gasteiger partial charge in [0.2, 0.25) is 0 Å². The van der Waals surface area contributed by atoms with Crippen LogP contribution in [0.25, 0.3) is 5.65 Å². The number of anilines is 1. The molecule has 3 saturated heterocycles. The number of hydrogen-bond acceptors (Lipinski definition) is 7. The van der Waals surface area contributed by atoms with E-state index in [4.69, 9.17) is 9.84 Å². The summed E-state index contributed by atoms with van der Waals surface area (Å²) in [6.45, 7) is 10.7. The molecule has 0 amide bonds. The van der Waals surface area contributed by atoms with E-state index in [2.05, 4.69) is 37.0 Å². The molecule has 2 aromatic heterocycles. The predicted molar refractivity (Wildman–Crippen MR) is 103 cm³/mol. The van der Waals surface area contributed by atoms with Crippen LogP contribution in [0.3, 0.4) is 0 Å². The molecule has 0 aromatic carbocycles. The topological polar surface area (TPSA) is 62.0 Å². The van der Waals surface area contributed by atoms with Gasteiger partial charge in [0.1, 0.15) is 5.82 Å². The molecule has 146 valence electrons. The smallest absolute Gasteiger partial charge is 0.178 e. The first-order chi connectivity index (χ1) is 13.4. The number of fused-ring (bicyclic) bond motifs is 1. The average molecular weight is 371 g/mol. The maximum Gasteiger partial charge on any atom is 0.178 e.